The van der Waals surface area contributed by atoms with Gasteiger partial charge in [0.25, 0.3) is 0 Å². The lowest BCUT2D eigenvalue weighted by Gasteiger charge is -2.15. The molecule has 0 saturated heterocycles. The summed E-state index contributed by atoms with van der Waals surface area (Å²) in [5, 5.41) is 12.4. The maximum atomic E-state index is 13.3. The molecule has 4 aromatic carbocycles. The molecule has 0 aliphatic rings. The summed E-state index contributed by atoms with van der Waals surface area (Å²) in [7, 11) is 1.70. The minimum Gasteiger partial charge on any atom is -0.454 e. The predicted molar refractivity (Wildman–Crippen MR) is 162 cm³/mol. The van der Waals surface area contributed by atoms with Crippen LogP contribution in [0.5, 0.6) is 11.5 Å². The number of carbonyl (C=O) groups is 1. The van der Waals surface area contributed by atoms with Crippen LogP contribution in [0.1, 0.15) is 26.5 Å². The number of H-pyrrole nitrogens is 1. The molecular formula is C32H30N6O3. The molecule has 0 aliphatic heterocycles. The van der Waals surface area contributed by atoms with Crippen molar-refractivity contribution in [2.24, 2.45) is 7.05 Å². The van der Waals surface area contributed by atoms with E-state index >= 15 is 0 Å². The third kappa shape index (κ3) is 4.93. The molecule has 0 fully saturated rings. The number of hydrogen-bond donors (Lipinski definition) is 3. The van der Waals surface area contributed by atoms with Gasteiger partial charge in [-0.2, -0.15) is 5.10 Å². The number of benzene rings is 4. The van der Waals surface area contributed by atoms with E-state index in [1.165, 1.54) is 4.57 Å². The molecule has 0 spiro atoms. The van der Waals surface area contributed by atoms with Gasteiger partial charge < -0.3 is 15.0 Å². The number of ether oxygens (including phenoxy) is 1. The highest BCUT2D eigenvalue weighted by atomic mass is 16.5. The second-order valence-corrected chi connectivity index (χ2v) is 10.9. The Balaban J connectivity index is 1.31. The van der Waals surface area contributed by atoms with Gasteiger partial charge in [0.2, 0.25) is 0 Å². The summed E-state index contributed by atoms with van der Waals surface area (Å²) in [6.07, 6.45) is 0. The Kier molecular flexibility index (Phi) is 6.34. The van der Waals surface area contributed by atoms with Crippen LogP contribution in [0.4, 0.5) is 16.3 Å². The van der Waals surface area contributed by atoms with Crippen molar-refractivity contribution in [3.63, 3.8) is 0 Å². The van der Waals surface area contributed by atoms with Gasteiger partial charge >= 0.3 is 11.7 Å². The minimum absolute atomic E-state index is 0.198. The van der Waals surface area contributed by atoms with Crippen LogP contribution in [0.25, 0.3) is 27.5 Å². The standard InChI is InChI=1S/C32H30N6O3/c1-32(2,3)27-19-28(38(36-27)20-11-6-5-7-12-20)35-30(39)33-23-17-18-25(22-14-9-8-13-21(22)23)41-26-16-10-15-24-29(26)37(4)31(40)34-24/h5-19H,1-4H3,(H,34,40)(H2,33,35,39). The van der Waals surface area contributed by atoms with E-state index in [9.17, 15) is 9.59 Å². The molecule has 0 saturated carbocycles. The smallest absolute Gasteiger partial charge is 0.326 e. The SMILES string of the molecule is Cn1c(=O)[nH]c2cccc(Oc3ccc(NC(=O)Nc4cc(C(C)(C)C)nn4-c4ccccc4)c4ccccc34)c21. The van der Waals surface area contributed by atoms with E-state index in [1.54, 1.807) is 11.7 Å². The van der Waals surface area contributed by atoms with E-state index in [0.717, 1.165) is 22.2 Å². The van der Waals surface area contributed by atoms with E-state index in [0.29, 0.717) is 34.0 Å². The number of aromatic nitrogens is 4. The van der Waals surface area contributed by atoms with Crippen LogP contribution in [0, 0.1) is 0 Å². The maximum absolute atomic E-state index is 13.3. The van der Waals surface area contributed by atoms with Gasteiger partial charge in [-0.15, -0.1) is 0 Å². The molecule has 0 radical (unpaired) electrons. The van der Waals surface area contributed by atoms with Crippen LogP contribution in [0.2, 0.25) is 0 Å². The quantitative estimate of drug-likeness (QED) is 0.218. The Labute approximate surface area is 236 Å². The van der Waals surface area contributed by atoms with Crippen molar-refractivity contribution in [1.29, 1.82) is 0 Å². The number of nitrogens with one attached hydrogen (secondary N) is 3. The lowest BCUT2D eigenvalue weighted by Crippen LogP contribution is -2.21. The molecule has 0 aliphatic carbocycles. The number of imidazole rings is 1. The molecule has 2 heterocycles. The summed E-state index contributed by atoms with van der Waals surface area (Å²) in [5.41, 5.74) is 3.29. The van der Waals surface area contributed by atoms with E-state index in [4.69, 9.17) is 9.84 Å². The highest BCUT2D eigenvalue weighted by Gasteiger charge is 2.22. The number of fused-ring (bicyclic) bond motifs is 2. The summed E-state index contributed by atoms with van der Waals surface area (Å²) in [5.74, 6) is 1.72. The monoisotopic (exact) mass is 546 g/mol. The molecular weight excluding hydrogens is 516 g/mol. The van der Waals surface area contributed by atoms with Gasteiger partial charge in [-0.3, -0.25) is 9.88 Å². The summed E-state index contributed by atoms with van der Waals surface area (Å²) < 4.78 is 9.60. The molecule has 206 valence electrons. The molecule has 2 aromatic heterocycles. The molecule has 9 nitrogen and oxygen atoms in total. The first-order chi connectivity index (χ1) is 19.7. The predicted octanol–water partition coefficient (Wildman–Crippen LogP) is 6.94. The van der Waals surface area contributed by atoms with Crippen molar-refractivity contribution < 1.29 is 9.53 Å². The fraction of sp³-hybridized carbons (Fsp3) is 0.156. The Morgan fingerprint density at radius 3 is 2.34 bits per heavy atom. The van der Waals surface area contributed by atoms with Crippen LogP contribution < -0.4 is 21.1 Å². The first kappa shape index (κ1) is 25.9. The summed E-state index contributed by atoms with van der Waals surface area (Å²) >= 11 is 0. The lowest BCUT2D eigenvalue weighted by molar-refractivity contribution is 0.262. The van der Waals surface area contributed by atoms with Gasteiger partial charge in [-0.05, 0) is 36.4 Å². The van der Waals surface area contributed by atoms with Crippen LogP contribution in [0.3, 0.4) is 0 Å². The second-order valence-electron chi connectivity index (χ2n) is 10.9. The number of para-hydroxylation sites is 2. The van der Waals surface area contributed by atoms with E-state index in [1.807, 2.05) is 91.0 Å². The molecule has 6 rings (SSSR count). The topological polar surface area (TPSA) is 106 Å². The number of urea groups is 1. The Hall–Kier alpha value is -5.31. The largest absolute Gasteiger partial charge is 0.454 e. The number of amides is 2. The highest BCUT2D eigenvalue weighted by molar-refractivity contribution is 6.07. The first-order valence-corrected chi connectivity index (χ1v) is 13.3. The number of rotatable bonds is 5. The maximum Gasteiger partial charge on any atom is 0.326 e. The number of carbonyl (C=O) groups excluding carboxylic acids is 1. The number of hydrogen-bond acceptors (Lipinski definition) is 4. The van der Waals surface area contributed by atoms with E-state index in [2.05, 4.69) is 36.4 Å². The fourth-order valence-corrected chi connectivity index (χ4v) is 4.81. The molecule has 0 unspecified atom stereocenters. The van der Waals surface area contributed by atoms with Gasteiger partial charge in [-0.25, -0.2) is 14.3 Å². The third-order valence-corrected chi connectivity index (χ3v) is 6.95. The highest BCUT2D eigenvalue weighted by Crippen LogP contribution is 2.36. The lowest BCUT2D eigenvalue weighted by atomic mass is 9.92. The molecule has 41 heavy (non-hydrogen) atoms. The van der Waals surface area contributed by atoms with Gasteiger partial charge in [0, 0.05) is 29.3 Å². The molecule has 3 N–H and O–H groups in total. The fourth-order valence-electron chi connectivity index (χ4n) is 4.81. The first-order valence-electron chi connectivity index (χ1n) is 13.3. The summed E-state index contributed by atoms with van der Waals surface area (Å²) in [4.78, 5) is 28.3. The van der Waals surface area contributed by atoms with Gasteiger partial charge in [0.1, 0.15) is 17.1 Å². The molecule has 9 heteroatoms. The van der Waals surface area contributed by atoms with Gasteiger partial charge in [0.15, 0.2) is 5.75 Å². The normalized spacial score (nSPS) is 11.6. The Morgan fingerprint density at radius 1 is 0.854 bits per heavy atom. The van der Waals surface area contributed by atoms with Crippen LogP contribution in [0.15, 0.2) is 95.8 Å². The van der Waals surface area contributed by atoms with Crippen molar-refractivity contribution in [3.8, 4) is 17.2 Å². The van der Waals surface area contributed by atoms with Crippen molar-refractivity contribution in [3.05, 3.63) is 107 Å². The summed E-state index contributed by atoms with van der Waals surface area (Å²) in [6.45, 7) is 6.25. The van der Waals surface area contributed by atoms with Crippen LogP contribution in [-0.2, 0) is 12.5 Å². The average Bonchev–Trinajstić information content (AvgIpc) is 3.51. The van der Waals surface area contributed by atoms with Crippen LogP contribution >= 0.6 is 0 Å². The van der Waals surface area contributed by atoms with Crippen LogP contribution in [-0.4, -0.2) is 25.4 Å². The third-order valence-electron chi connectivity index (χ3n) is 6.95. The molecule has 0 bridgehead atoms. The van der Waals surface area contributed by atoms with Crippen molar-refractivity contribution in [2.75, 3.05) is 10.6 Å². The zero-order chi connectivity index (χ0) is 28.7. The second kappa shape index (κ2) is 10.0. The van der Waals surface area contributed by atoms with Crippen molar-refractivity contribution >= 4 is 39.3 Å². The average molecular weight is 547 g/mol. The number of aryl methyl sites for hydroxylation is 1. The van der Waals surface area contributed by atoms with E-state index in [-0.39, 0.29) is 11.1 Å². The molecule has 2 amide bonds. The van der Waals surface area contributed by atoms with E-state index < -0.39 is 6.03 Å². The Bertz CT molecular complexity index is 1960. The number of nitrogens with zero attached hydrogens (tertiary/aromatic N) is 3. The van der Waals surface area contributed by atoms with Crippen molar-refractivity contribution in [1.82, 2.24) is 19.3 Å². The zero-order valence-electron chi connectivity index (χ0n) is 23.2. The van der Waals surface area contributed by atoms with Crippen molar-refractivity contribution in [2.45, 2.75) is 26.2 Å². The molecule has 6 aromatic rings. The van der Waals surface area contributed by atoms with Gasteiger partial charge in [-0.1, -0.05) is 69.3 Å². The van der Waals surface area contributed by atoms with Gasteiger partial charge in [0.05, 0.1) is 22.6 Å². The summed E-state index contributed by atoms with van der Waals surface area (Å²) in [6, 6.07) is 28.0. The minimum atomic E-state index is -0.395. The number of aromatic amines is 1. The molecule has 0 atom stereocenters. The number of anilines is 2. The zero-order valence-corrected chi connectivity index (χ0v) is 23.2. The Morgan fingerprint density at radius 2 is 1.59 bits per heavy atom.